The van der Waals surface area contributed by atoms with Gasteiger partial charge < -0.3 is 24.8 Å². The zero-order valence-corrected chi connectivity index (χ0v) is 5.75. The minimum atomic E-state index is -1.03. The Morgan fingerprint density at radius 2 is 1.82 bits per heavy atom. The molecule has 2 bridgehead atoms. The number of hydrogen-bond donors (Lipinski definition) is 3. The van der Waals surface area contributed by atoms with Crippen LogP contribution in [-0.2, 0) is 9.47 Å². The summed E-state index contributed by atoms with van der Waals surface area (Å²) in [5.74, 6) is 0. The topological polar surface area (TPSA) is 79.2 Å². The van der Waals surface area contributed by atoms with Gasteiger partial charge >= 0.3 is 0 Å². The summed E-state index contributed by atoms with van der Waals surface area (Å²) in [4.78, 5) is 0. The Hall–Kier alpha value is -0.200. The minimum absolute atomic E-state index is 0.115. The highest BCUT2D eigenvalue weighted by molar-refractivity contribution is 4.93. The molecule has 0 amide bonds. The number of fused-ring (bicyclic) bond motifs is 2. The van der Waals surface area contributed by atoms with E-state index >= 15 is 0 Å². The van der Waals surface area contributed by atoms with Crippen LogP contribution in [0.1, 0.15) is 0 Å². The van der Waals surface area contributed by atoms with E-state index in [9.17, 15) is 10.2 Å². The first kappa shape index (κ1) is 7.45. The summed E-state index contributed by atoms with van der Waals surface area (Å²) in [6, 6.07) is 0. The zero-order valence-electron chi connectivity index (χ0n) is 5.75. The Morgan fingerprint density at radius 3 is 2.45 bits per heavy atom. The maximum absolute atomic E-state index is 9.22. The second-order valence-corrected chi connectivity index (χ2v) is 2.85. The van der Waals surface area contributed by atoms with Crippen LogP contribution in [0.3, 0.4) is 0 Å². The number of aliphatic hydroxyl groups excluding tert-OH is 3. The lowest BCUT2D eigenvalue weighted by Gasteiger charge is -2.25. The summed E-state index contributed by atoms with van der Waals surface area (Å²) in [7, 11) is 0. The fourth-order valence-corrected chi connectivity index (χ4v) is 1.42. The van der Waals surface area contributed by atoms with Gasteiger partial charge in [0.1, 0.15) is 24.4 Å². The molecule has 5 atom stereocenters. The summed E-state index contributed by atoms with van der Waals surface area (Å²) in [6.45, 7) is 0.115. The van der Waals surface area contributed by atoms with Crippen molar-refractivity contribution in [2.75, 3.05) is 6.61 Å². The summed E-state index contributed by atoms with van der Waals surface area (Å²) >= 11 is 0. The van der Waals surface area contributed by atoms with Gasteiger partial charge in [-0.3, -0.25) is 0 Å². The molecule has 64 valence electrons. The van der Waals surface area contributed by atoms with Crippen molar-refractivity contribution in [2.45, 2.75) is 30.7 Å². The van der Waals surface area contributed by atoms with Crippen molar-refractivity contribution in [2.24, 2.45) is 0 Å². The van der Waals surface area contributed by atoms with Gasteiger partial charge in [-0.05, 0) is 0 Å². The maximum atomic E-state index is 9.22. The lowest BCUT2D eigenvalue weighted by molar-refractivity contribution is -0.233. The van der Waals surface area contributed by atoms with Crippen LogP contribution < -0.4 is 0 Å². The largest absolute Gasteiger partial charge is 0.388 e. The van der Waals surface area contributed by atoms with Crippen molar-refractivity contribution in [1.29, 1.82) is 0 Å². The number of aliphatic hydroxyl groups is 3. The van der Waals surface area contributed by atoms with Crippen molar-refractivity contribution in [3.63, 3.8) is 0 Å². The summed E-state index contributed by atoms with van der Waals surface area (Å²) in [5, 5.41) is 27.6. The van der Waals surface area contributed by atoms with Gasteiger partial charge in [-0.25, -0.2) is 0 Å². The van der Waals surface area contributed by atoms with Crippen molar-refractivity contribution < 1.29 is 24.8 Å². The van der Waals surface area contributed by atoms with Gasteiger partial charge in [0.05, 0.1) is 6.61 Å². The van der Waals surface area contributed by atoms with E-state index in [1.807, 2.05) is 0 Å². The van der Waals surface area contributed by atoms with E-state index in [2.05, 4.69) is 0 Å². The minimum Gasteiger partial charge on any atom is -0.388 e. The van der Waals surface area contributed by atoms with Crippen LogP contribution in [0, 0.1) is 0 Å². The Labute approximate surface area is 63.2 Å². The van der Waals surface area contributed by atoms with Gasteiger partial charge in [-0.1, -0.05) is 0 Å². The number of ether oxygens (including phenoxy) is 2. The number of rotatable bonds is 0. The van der Waals surface area contributed by atoms with Crippen LogP contribution in [0.4, 0.5) is 0 Å². The molecule has 11 heavy (non-hydrogen) atoms. The number of hydrogen-bond acceptors (Lipinski definition) is 5. The molecule has 0 aromatic heterocycles. The summed E-state index contributed by atoms with van der Waals surface area (Å²) in [5.41, 5.74) is 0. The fourth-order valence-electron chi connectivity index (χ4n) is 1.42. The first-order valence-corrected chi connectivity index (χ1v) is 3.51. The first-order chi connectivity index (χ1) is 5.20. The highest BCUT2D eigenvalue weighted by Crippen LogP contribution is 2.28. The molecular weight excluding hydrogens is 152 g/mol. The second kappa shape index (κ2) is 2.40. The van der Waals surface area contributed by atoms with Crippen molar-refractivity contribution in [1.82, 2.24) is 0 Å². The van der Waals surface area contributed by atoms with Crippen LogP contribution in [0.5, 0.6) is 0 Å². The molecule has 5 heteroatoms. The third-order valence-corrected chi connectivity index (χ3v) is 2.07. The molecule has 0 spiro atoms. The van der Waals surface area contributed by atoms with Gasteiger partial charge in [0, 0.05) is 0 Å². The quantitative estimate of drug-likeness (QED) is 0.377. The summed E-state index contributed by atoms with van der Waals surface area (Å²) < 4.78 is 9.84. The Kier molecular flexibility index (Phi) is 1.62. The molecule has 2 rings (SSSR count). The lowest BCUT2D eigenvalue weighted by atomic mass is 10.1. The van der Waals surface area contributed by atoms with Crippen LogP contribution in [0.15, 0.2) is 0 Å². The Bertz CT molecular complexity index is 161. The Balaban J connectivity index is 2.16. The van der Waals surface area contributed by atoms with E-state index in [4.69, 9.17) is 14.6 Å². The van der Waals surface area contributed by atoms with Gasteiger partial charge in [0.15, 0.2) is 6.29 Å². The lowest BCUT2D eigenvalue weighted by Crippen LogP contribution is -2.41. The van der Waals surface area contributed by atoms with E-state index < -0.39 is 30.7 Å². The third kappa shape index (κ3) is 0.969. The molecule has 0 aromatic rings. The van der Waals surface area contributed by atoms with Crippen molar-refractivity contribution >= 4 is 0 Å². The van der Waals surface area contributed by atoms with Crippen LogP contribution in [-0.4, -0.2) is 52.6 Å². The van der Waals surface area contributed by atoms with Crippen LogP contribution in [0.25, 0.3) is 0 Å². The molecular formula is C6H10O5. The molecule has 5 nitrogen and oxygen atoms in total. The van der Waals surface area contributed by atoms with Gasteiger partial charge in [0.2, 0.25) is 0 Å². The molecule has 2 fully saturated rings. The van der Waals surface area contributed by atoms with E-state index in [0.29, 0.717) is 0 Å². The normalized spacial score (nSPS) is 56.5. The van der Waals surface area contributed by atoms with E-state index in [1.54, 1.807) is 0 Å². The van der Waals surface area contributed by atoms with Crippen LogP contribution >= 0.6 is 0 Å². The van der Waals surface area contributed by atoms with Crippen molar-refractivity contribution in [3.8, 4) is 0 Å². The molecule has 0 saturated carbocycles. The molecule has 0 aromatic carbocycles. The van der Waals surface area contributed by atoms with Gasteiger partial charge in [-0.15, -0.1) is 0 Å². The average molecular weight is 162 g/mol. The van der Waals surface area contributed by atoms with E-state index in [-0.39, 0.29) is 6.61 Å². The van der Waals surface area contributed by atoms with Gasteiger partial charge in [-0.2, -0.15) is 0 Å². The molecule has 0 radical (unpaired) electrons. The van der Waals surface area contributed by atoms with Gasteiger partial charge in [0.25, 0.3) is 0 Å². The predicted octanol–water partition coefficient (Wildman–Crippen LogP) is -2.18. The highest BCUT2D eigenvalue weighted by atomic mass is 16.7. The fraction of sp³-hybridized carbons (Fsp3) is 1.00. The second-order valence-electron chi connectivity index (χ2n) is 2.85. The Morgan fingerprint density at radius 1 is 1.09 bits per heavy atom. The maximum Gasteiger partial charge on any atom is 0.186 e. The zero-order chi connectivity index (χ0) is 8.01. The molecule has 3 N–H and O–H groups in total. The molecule has 2 heterocycles. The molecule has 2 aliphatic rings. The predicted molar refractivity (Wildman–Crippen MR) is 32.6 cm³/mol. The monoisotopic (exact) mass is 162 g/mol. The first-order valence-electron chi connectivity index (χ1n) is 3.51. The highest BCUT2D eigenvalue weighted by Gasteiger charge is 2.50. The van der Waals surface area contributed by atoms with Crippen LogP contribution in [0.2, 0.25) is 0 Å². The summed E-state index contributed by atoms with van der Waals surface area (Å²) in [6.07, 6.45) is -4.35. The van der Waals surface area contributed by atoms with E-state index in [1.165, 1.54) is 0 Å². The molecule has 2 saturated heterocycles. The molecule has 0 aliphatic carbocycles. The third-order valence-electron chi connectivity index (χ3n) is 2.07. The smallest absolute Gasteiger partial charge is 0.186 e. The SMILES string of the molecule is O[C@H]1[C@@H]2OC(OC[C@H]2O)[C@H]1O. The van der Waals surface area contributed by atoms with Crippen molar-refractivity contribution in [3.05, 3.63) is 0 Å². The molecule has 1 unspecified atom stereocenters. The standard InChI is InChI=1S/C6H10O5/c7-2-1-10-6-4(9)3(8)5(2)11-6/h2-9H,1H2/t2-,3-,4+,5-,6?/m1/s1. The van der Waals surface area contributed by atoms with E-state index in [0.717, 1.165) is 0 Å². The average Bonchev–Trinajstić information content (AvgIpc) is 2.24. The molecule has 2 aliphatic heterocycles.